The van der Waals surface area contributed by atoms with Crippen molar-refractivity contribution in [1.29, 1.82) is 0 Å². The van der Waals surface area contributed by atoms with E-state index in [2.05, 4.69) is 6.07 Å². The molecule has 3 aromatic carbocycles. The summed E-state index contributed by atoms with van der Waals surface area (Å²) in [6.07, 6.45) is 0. The van der Waals surface area contributed by atoms with Crippen LogP contribution in [-0.2, 0) is 0 Å². The molecule has 0 amide bonds. The van der Waals surface area contributed by atoms with Crippen LogP contribution in [0.2, 0.25) is 0 Å². The third-order valence-corrected chi connectivity index (χ3v) is 3.13. The van der Waals surface area contributed by atoms with Crippen LogP contribution in [0.5, 0.6) is 5.75 Å². The summed E-state index contributed by atoms with van der Waals surface area (Å²) in [7, 11) is 0. The van der Waals surface area contributed by atoms with Gasteiger partial charge in [-0.05, 0) is 40.5 Å². The number of phenolic OH excluding ortho intramolecular Hbond substituents is 1. The Morgan fingerprint density at radius 3 is 1.32 bits per heavy atom. The lowest BCUT2D eigenvalue weighted by atomic mass is 9.99. The molecule has 3 rings (SSSR count). The predicted molar refractivity (Wildman–Crippen MR) is 79.0 cm³/mol. The van der Waals surface area contributed by atoms with E-state index < -0.39 is 0 Å². The van der Waals surface area contributed by atoms with Crippen molar-refractivity contribution in [3.63, 3.8) is 0 Å². The summed E-state index contributed by atoms with van der Waals surface area (Å²) < 4.78 is 0. The van der Waals surface area contributed by atoms with Gasteiger partial charge in [-0.15, -0.1) is 0 Å². The van der Waals surface area contributed by atoms with Gasteiger partial charge in [-0.1, -0.05) is 60.7 Å². The average molecular weight is 246 g/mol. The van der Waals surface area contributed by atoms with E-state index in [1.165, 1.54) is 0 Å². The van der Waals surface area contributed by atoms with Gasteiger partial charge in [-0.25, -0.2) is 0 Å². The minimum Gasteiger partial charge on any atom is -0.508 e. The Morgan fingerprint density at radius 2 is 0.895 bits per heavy atom. The molecular weight excluding hydrogens is 232 g/mol. The molecule has 0 aliphatic heterocycles. The molecular formula is C18H14O. The van der Waals surface area contributed by atoms with E-state index in [0.717, 1.165) is 22.3 Å². The fourth-order valence-corrected chi connectivity index (χ4v) is 2.21. The van der Waals surface area contributed by atoms with Crippen molar-refractivity contribution in [1.82, 2.24) is 0 Å². The first kappa shape index (κ1) is 11.5. The first-order valence-electron chi connectivity index (χ1n) is 6.28. The van der Waals surface area contributed by atoms with Gasteiger partial charge in [-0.2, -0.15) is 0 Å². The van der Waals surface area contributed by atoms with Crippen LogP contribution >= 0.6 is 0 Å². The van der Waals surface area contributed by atoms with Gasteiger partial charge in [-0.3, -0.25) is 0 Å². The van der Waals surface area contributed by atoms with Gasteiger partial charge >= 0.3 is 0 Å². The Balaban J connectivity index is 2.12. The lowest BCUT2D eigenvalue weighted by Crippen LogP contribution is -1.81. The number of rotatable bonds is 2. The molecule has 0 unspecified atom stereocenters. The van der Waals surface area contributed by atoms with Gasteiger partial charge in [0, 0.05) is 0 Å². The molecule has 0 saturated carbocycles. The Hall–Kier alpha value is -2.54. The van der Waals surface area contributed by atoms with Crippen molar-refractivity contribution in [2.45, 2.75) is 0 Å². The lowest BCUT2D eigenvalue weighted by molar-refractivity contribution is 0.476. The fourth-order valence-electron chi connectivity index (χ4n) is 2.21. The molecule has 0 spiro atoms. The maximum Gasteiger partial charge on any atom is 0.116 e. The van der Waals surface area contributed by atoms with Crippen molar-refractivity contribution in [2.75, 3.05) is 0 Å². The highest BCUT2D eigenvalue weighted by atomic mass is 16.3. The number of phenols is 1. The summed E-state index contributed by atoms with van der Waals surface area (Å²) in [6, 6.07) is 25.9. The Labute approximate surface area is 112 Å². The second-order valence-electron chi connectivity index (χ2n) is 4.50. The normalized spacial score (nSPS) is 10.3. The predicted octanol–water partition coefficient (Wildman–Crippen LogP) is 4.73. The van der Waals surface area contributed by atoms with Crippen LogP contribution in [0.3, 0.4) is 0 Å². The zero-order valence-corrected chi connectivity index (χ0v) is 10.5. The smallest absolute Gasteiger partial charge is 0.116 e. The van der Waals surface area contributed by atoms with Crippen LogP contribution in [0.4, 0.5) is 0 Å². The fraction of sp³-hybridized carbons (Fsp3) is 0. The van der Waals surface area contributed by atoms with E-state index in [9.17, 15) is 5.11 Å². The monoisotopic (exact) mass is 246 g/mol. The maximum absolute atomic E-state index is 9.92. The molecule has 0 aliphatic rings. The third-order valence-electron chi connectivity index (χ3n) is 3.13. The second-order valence-corrected chi connectivity index (χ2v) is 4.50. The Morgan fingerprint density at radius 1 is 0.474 bits per heavy atom. The molecule has 0 radical (unpaired) electrons. The van der Waals surface area contributed by atoms with Crippen LogP contribution in [-0.4, -0.2) is 5.11 Å². The first-order chi connectivity index (χ1) is 9.33. The van der Waals surface area contributed by atoms with Crippen molar-refractivity contribution in [3.05, 3.63) is 78.9 Å². The summed E-state index contributed by atoms with van der Waals surface area (Å²) in [6.45, 7) is 0. The molecule has 0 atom stereocenters. The van der Waals surface area contributed by atoms with Crippen molar-refractivity contribution >= 4 is 0 Å². The SMILES string of the molecule is Oc1cc(-c2ccccc2)cc(-c2ccccc2)c1. The van der Waals surface area contributed by atoms with Crippen LogP contribution in [0.1, 0.15) is 0 Å². The highest BCUT2D eigenvalue weighted by Crippen LogP contribution is 2.30. The second kappa shape index (κ2) is 4.99. The van der Waals surface area contributed by atoms with E-state index in [1.54, 1.807) is 12.1 Å². The lowest BCUT2D eigenvalue weighted by Gasteiger charge is -2.07. The summed E-state index contributed by atoms with van der Waals surface area (Å²) >= 11 is 0. The molecule has 0 fully saturated rings. The quantitative estimate of drug-likeness (QED) is 0.693. The first-order valence-corrected chi connectivity index (χ1v) is 6.28. The topological polar surface area (TPSA) is 20.2 Å². The van der Waals surface area contributed by atoms with Crippen molar-refractivity contribution < 1.29 is 5.11 Å². The molecule has 1 heteroatoms. The molecule has 0 aliphatic carbocycles. The molecule has 0 aromatic heterocycles. The third kappa shape index (κ3) is 2.50. The van der Waals surface area contributed by atoms with E-state index in [-0.39, 0.29) is 0 Å². The summed E-state index contributed by atoms with van der Waals surface area (Å²) in [5.74, 6) is 0.292. The van der Waals surface area contributed by atoms with Gasteiger partial charge in [0.05, 0.1) is 0 Å². The number of hydrogen-bond acceptors (Lipinski definition) is 1. The summed E-state index contributed by atoms with van der Waals surface area (Å²) in [5, 5.41) is 9.92. The minimum absolute atomic E-state index is 0.292. The molecule has 0 heterocycles. The Bertz CT molecular complexity index is 615. The van der Waals surface area contributed by atoms with Crippen molar-refractivity contribution in [2.24, 2.45) is 0 Å². The van der Waals surface area contributed by atoms with Crippen LogP contribution in [0, 0.1) is 0 Å². The minimum atomic E-state index is 0.292. The molecule has 3 aromatic rings. The van der Waals surface area contributed by atoms with Gasteiger partial charge < -0.3 is 5.11 Å². The zero-order valence-electron chi connectivity index (χ0n) is 10.5. The van der Waals surface area contributed by atoms with Crippen LogP contribution in [0.25, 0.3) is 22.3 Å². The van der Waals surface area contributed by atoms with Crippen LogP contribution in [0.15, 0.2) is 78.9 Å². The molecule has 1 nitrogen and oxygen atoms in total. The number of benzene rings is 3. The Kier molecular flexibility index (Phi) is 3.03. The molecule has 0 bridgehead atoms. The highest BCUT2D eigenvalue weighted by molar-refractivity contribution is 5.74. The van der Waals surface area contributed by atoms with E-state index in [1.807, 2.05) is 60.7 Å². The van der Waals surface area contributed by atoms with E-state index in [0.29, 0.717) is 5.75 Å². The van der Waals surface area contributed by atoms with Gasteiger partial charge in [0.25, 0.3) is 0 Å². The summed E-state index contributed by atoms with van der Waals surface area (Å²) in [4.78, 5) is 0. The number of hydrogen-bond donors (Lipinski definition) is 1. The molecule has 1 N–H and O–H groups in total. The number of aromatic hydroxyl groups is 1. The van der Waals surface area contributed by atoms with Gasteiger partial charge in [0.1, 0.15) is 5.75 Å². The van der Waals surface area contributed by atoms with Gasteiger partial charge in [0.15, 0.2) is 0 Å². The van der Waals surface area contributed by atoms with E-state index in [4.69, 9.17) is 0 Å². The molecule has 0 saturated heterocycles. The van der Waals surface area contributed by atoms with Gasteiger partial charge in [0.2, 0.25) is 0 Å². The average Bonchev–Trinajstić information content (AvgIpc) is 2.48. The van der Waals surface area contributed by atoms with Crippen LogP contribution < -0.4 is 0 Å². The summed E-state index contributed by atoms with van der Waals surface area (Å²) in [5.41, 5.74) is 4.27. The molecule has 92 valence electrons. The maximum atomic E-state index is 9.92. The zero-order chi connectivity index (χ0) is 13.1. The van der Waals surface area contributed by atoms with Crippen molar-refractivity contribution in [3.8, 4) is 28.0 Å². The standard InChI is InChI=1S/C18H14O/c19-18-12-16(14-7-3-1-4-8-14)11-17(13-18)15-9-5-2-6-10-15/h1-13,19H. The van der Waals surface area contributed by atoms with E-state index >= 15 is 0 Å². The molecule has 19 heavy (non-hydrogen) atoms. The largest absolute Gasteiger partial charge is 0.508 e. The highest BCUT2D eigenvalue weighted by Gasteiger charge is 2.04.